The molecule has 0 fully saturated rings. The molecule has 1 N–H and O–H groups in total. The maximum absolute atomic E-state index is 12.4. The van der Waals surface area contributed by atoms with Crippen LogP contribution in [0.4, 0.5) is 0 Å². The molecule has 0 radical (unpaired) electrons. The monoisotopic (exact) mass is 340 g/mol. The smallest absolute Gasteiger partial charge is 0.211 e. The van der Waals surface area contributed by atoms with Gasteiger partial charge in [-0.15, -0.1) is 0 Å². The summed E-state index contributed by atoms with van der Waals surface area (Å²) in [7, 11) is 0. The first-order chi connectivity index (χ1) is 12.2. The highest BCUT2D eigenvalue weighted by atomic mass is 16.3. The molecule has 0 amide bonds. The molecule has 2 aromatic heterocycles. The summed E-state index contributed by atoms with van der Waals surface area (Å²) < 4.78 is 11.2. The van der Waals surface area contributed by atoms with Crippen LogP contribution >= 0.6 is 0 Å². The zero-order valence-electron chi connectivity index (χ0n) is 14.7. The van der Waals surface area contributed by atoms with Gasteiger partial charge in [0.15, 0.2) is 5.76 Å². The fourth-order valence-corrected chi connectivity index (χ4v) is 3.08. The maximum atomic E-state index is 12.4. The number of para-hydroxylation sites is 1. The number of ketones is 1. The number of hydrogen-bond acceptors (Lipinski definition) is 5. The van der Waals surface area contributed by atoms with Crippen LogP contribution in [0.1, 0.15) is 36.2 Å². The van der Waals surface area contributed by atoms with Crippen molar-refractivity contribution in [3.05, 3.63) is 60.2 Å². The van der Waals surface area contributed by atoms with Crippen molar-refractivity contribution in [2.24, 2.45) is 0 Å². The van der Waals surface area contributed by atoms with Crippen LogP contribution in [0.2, 0.25) is 0 Å². The van der Waals surface area contributed by atoms with Gasteiger partial charge in [0.1, 0.15) is 11.3 Å². The Morgan fingerprint density at radius 3 is 2.64 bits per heavy atom. The number of nitrogens with zero attached hydrogens (tertiary/aromatic N) is 1. The molecule has 5 heteroatoms. The number of benzene rings is 1. The van der Waals surface area contributed by atoms with E-state index in [1.165, 1.54) is 0 Å². The van der Waals surface area contributed by atoms with Crippen molar-refractivity contribution in [1.29, 1.82) is 0 Å². The van der Waals surface area contributed by atoms with Gasteiger partial charge in [-0.2, -0.15) is 0 Å². The number of furan rings is 2. The summed E-state index contributed by atoms with van der Waals surface area (Å²) in [5, 5.41) is 4.20. The minimum atomic E-state index is -0.0473. The first kappa shape index (κ1) is 17.5. The van der Waals surface area contributed by atoms with Gasteiger partial charge < -0.3 is 14.2 Å². The summed E-state index contributed by atoms with van der Waals surface area (Å²) in [5.41, 5.74) is 0.738. The Morgan fingerprint density at radius 2 is 1.96 bits per heavy atom. The molecule has 1 unspecified atom stereocenters. The minimum Gasteiger partial charge on any atom is -0.468 e. The number of likely N-dealkylation sites (N-methyl/N-ethyl adjacent to an activating group) is 1. The molecule has 0 saturated heterocycles. The Morgan fingerprint density at radius 1 is 1.16 bits per heavy atom. The Kier molecular flexibility index (Phi) is 5.68. The van der Waals surface area contributed by atoms with E-state index in [9.17, 15) is 4.79 Å². The second-order valence-corrected chi connectivity index (χ2v) is 5.95. The topological polar surface area (TPSA) is 58.6 Å². The highest BCUT2D eigenvalue weighted by molar-refractivity contribution is 5.98. The van der Waals surface area contributed by atoms with E-state index in [4.69, 9.17) is 8.83 Å². The normalized spacial score (nSPS) is 12.8. The molecule has 0 spiro atoms. The largest absolute Gasteiger partial charge is 0.468 e. The van der Waals surface area contributed by atoms with E-state index in [1.54, 1.807) is 12.3 Å². The van der Waals surface area contributed by atoms with E-state index in [0.29, 0.717) is 12.3 Å². The van der Waals surface area contributed by atoms with Crippen LogP contribution in [0.25, 0.3) is 11.0 Å². The van der Waals surface area contributed by atoms with E-state index in [1.807, 2.05) is 36.4 Å². The van der Waals surface area contributed by atoms with Gasteiger partial charge in [0.2, 0.25) is 5.78 Å². The lowest BCUT2D eigenvalue weighted by molar-refractivity contribution is 0.0961. The van der Waals surface area contributed by atoms with Gasteiger partial charge in [0.05, 0.1) is 18.8 Å². The Labute approximate surface area is 147 Å². The van der Waals surface area contributed by atoms with E-state index < -0.39 is 0 Å². The van der Waals surface area contributed by atoms with Crippen LogP contribution in [-0.2, 0) is 0 Å². The third kappa shape index (κ3) is 4.00. The quantitative estimate of drug-likeness (QED) is 0.599. The number of fused-ring (bicyclic) bond motifs is 1. The molecule has 0 aliphatic heterocycles. The second-order valence-electron chi connectivity index (χ2n) is 5.95. The number of hydrogen-bond donors (Lipinski definition) is 1. The van der Waals surface area contributed by atoms with E-state index >= 15 is 0 Å². The summed E-state index contributed by atoms with van der Waals surface area (Å²) in [5.74, 6) is 1.26. The van der Waals surface area contributed by atoms with Crippen molar-refractivity contribution in [2.75, 3.05) is 26.2 Å². The number of carbonyl (C=O) groups excluding carboxylic acids is 1. The molecule has 2 heterocycles. The Hall–Kier alpha value is -2.37. The van der Waals surface area contributed by atoms with Crippen LogP contribution in [-0.4, -0.2) is 36.9 Å². The minimum absolute atomic E-state index is 0.0473. The summed E-state index contributed by atoms with van der Waals surface area (Å²) in [6.45, 7) is 6.96. The summed E-state index contributed by atoms with van der Waals surface area (Å²) in [6.07, 6.45) is 1.69. The van der Waals surface area contributed by atoms with Crippen molar-refractivity contribution in [3.8, 4) is 0 Å². The fourth-order valence-electron chi connectivity index (χ4n) is 3.08. The Balaban J connectivity index is 1.62. The third-order valence-electron chi connectivity index (χ3n) is 4.45. The number of rotatable bonds is 9. The lowest BCUT2D eigenvalue weighted by Gasteiger charge is -2.28. The van der Waals surface area contributed by atoms with Crippen LogP contribution in [0.5, 0.6) is 0 Å². The molecule has 1 aromatic carbocycles. The first-order valence-electron chi connectivity index (χ1n) is 8.72. The average molecular weight is 340 g/mol. The molecular weight excluding hydrogens is 316 g/mol. The third-order valence-corrected chi connectivity index (χ3v) is 4.45. The number of carbonyl (C=O) groups is 1. The van der Waals surface area contributed by atoms with Crippen LogP contribution in [0, 0.1) is 0 Å². The molecule has 0 bridgehead atoms. The fraction of sp³-hybridized carbons (Fsp3) is 0.350. The van der Waals surface area contributed by atoms with Gasteiger partial charge in [-0.3, -0.25) is 9.69 Å². The molecule has 0 aliphatic rings. The van der Waals surface area contributed by atoms with Gasteiger partial charge in [-0.25, -0.2) is 0 Å². The summed E-state index contributed by atoms with van der Waals surface area (Å²) in [6, 6.07) is 13.4. The summed E-state index contributed by atoms with van der Waals surface area (Å²) in [4.78, 5) is 14.7. The van der Waals surface area contributed by atoms with Crippen molar-refractivity contribution in [2.45, 2.75) is 19.9 Å². The molecule has 5 nitrogen and oxygen atoms in total. The average Bonchev–Trinajstić information content (AvgIpc) is 3.30. The lowest BCUT2D eigenvalue weighted by atomic mass is 10.1. The highest BCUT2D eigenvalue weighted by Gasteiger charge is 2.21. The molecular formula is C20H24N2O3. The van der Waals surface area contributed by atoms with Gasteiger partial charge >= 0.3 is 0 Å². The standard InChI is InChI=1S/C20H24N2O3/c1-3-22(4-2)16(19-10-7-11-24-19)13-21-14-17(23)20-12-15-8-5-6-9-18(15)25-20/h5-12,16,21H,3-4,13-14H2,1-2H3. The number of nitrogens with one attached hydrogen (secondary N) is 1. The van der Waals surface area contributed by atoms with Crippen LogP contribution < -0.4 is 5.32 Å². The van der Waals surface area contributed by atoms with Gasteiger partial charge in [-0.1, -0.05) is 32.0 Å². The molecule has 3 aromatic rings. The SMILES string of the molecule is CCN(CC)C(CNCC(=O)c1cc2ccccc2o1)c1ccco1. The first-order valence-corrected chi connectivity index (χ1v) is 8.72. The van der Waals surface area contributed by atoms with E-state index in [0.717, 1.165) is 29.8 Å². The molecule has 25 heavy (non-hydrogen) atoms. The molecule has 132 valence electrons. The predicted molar refractivity (Wildman–Crippen MR) is 97.8 cm³/mol. The van der Waals surface area contributed by atoms with Gasteiger partial charge in [0.25, 0.3) is 0 Å². The van der Waals surface area contributed by atoms with Crippen molar-refractivity contribution < 1.29 is 13.6 Å². The van der Waals surface area contributed by atoms with E-state index in [2.05, 4.69) is 24.1 Å². The lowest BCUT2D eigenvalue weighted by Crippen LogP contribution is -2.37. The predicted octanol–water partition coefficient (Wildman–Crippen LogP) is 3.88. The molecule has 3 rings (SSSR count). The molecule has 1 atom stereocenters. The summed E-state index contributed by atoms with van der Waals surface area (Å²) >= 11 is 0. The van der Waals surface area contributed by atoms with Crippen LogP contribution in [0.15, 0.2) is 57.6 Å². The van der Waals surface area contributed by atoms with Crippen molar-refractivity contribution in [1.82, 2.24) is 10.2 Å². The van der Waals surface area contributed by atoms with E-state index in [-0.39, 0.29) is 18.4 Å². The van der Waals surface area contributed by atoms with Gasteiger partial charge in [-0.05, 0) is 37.4 Å². The van der Waals surface area contributed by atoms with Gasteiger partial charge in [0, 0.05) is 11.9 Å². The number of Topliss-reactive ketones (excluding diaryl/α,β-unsaturated/α-hetero) is 1. The molecule has 0 saturated carbocycles. The van der Waals surface area contributed by atoms with Crippen molar-refractivity contribution >= 4 is 16.8 Å². The maximum Gasteiger partial charge on any atom is 0.211 e. The highest BCUT2D eigenvalue weighted by Crippen LogP contribution is 2.21. The zero-order chi connectivity index (χ0) is 17.6. The zero-order valence-corrected chi connectivity index (χ0v) is 14.7. The van der Waals surface area contributed by atoms with Crippen molar-refractivity contribution in [3.63, 3.8) is 0 Å². The van der Waals surface area contributed by atoms with Crippen LogP contribution in [0.3, 0.4) is 0 Å². The molecule has 0 aliphatic carbocycles. The second kappa shape index (κ2) is 8.14. The Bertz CT molecular complexity index is 770.